The zero-order valence-corrected chi connectivity index (χ0v) is 11.4. The second kappa shape index (κ2) is 6.55. The van der Waals surface area contributed by atoms with Crippen molar-refractivity contribution in [2.75, 3.05) is 24.5 Å². The summed E-state index contributed by atoms with van der Waals surface area (Å²) in [6, 6.07) is 2.13. The van der Waals surface area contributed by atoms with Crippen LogP contribution in [0.15, 0.2) is 30.1 Å². The van der Waals surface area contributed by atoms with Gasteiger partial charge >= 0.3 is 0 Å². The lowest BCUT2D eigenvalue weighted by atomic mass is 10.1. The lowest BCUT2D eigenvalue weighted by molar-refractivity contribution is 0.670. The molecule has 3 heteroatoms. The van der Waals surface area contributed by atoms with Crippen molar-refractivity contribution in [3.05, 3.63) is 35.7 Å². The Morgan fingerprint density at radius 1 is 1.44 bits per heavy atom. The lowest BCUT2D eigenvalue weighted by Crippen LogP contribution is -2.30. The minimum Gasteiger partial charge on any atom is -0.366 e. The Hall–Kier alpha value is -1.35. The molecule has 1 aromatic heterocycles. The van der Waals surface area contributed by atoms with Crippen LogP contribution in [-0.4, -0.2) is 24.6 Å². The highest BCUT2D eigenvalue weighted by atomic mass is 15.1. The number of hydrogen-bond donors (Lipinski definition) is 1. The van der Waals surface area contributed by atoms with Crippen molar-refractivity contribution in [1.82, 2.24) is 10.3 Å². The van der Waals surface area contributed by atoms with Gasteiger partial charge in [-0.25, -0.2) is 0 Å². The van der Waals surface area contributed by atoms with Gasteiger partial charge in [-0.05, 0) is 37.9 Å². The highest BCUT2D eigenvalue weighted by Gasteiger charge is 2.13. The molecule has 18 heavy (non-hydrogen) atoms. The van der Waals surface area contributed by atoms with Gasteiger partial charge < -0.3 is 10.2 Å². The summed E-state index contributed by atoms with van der Waals surface area (Å²) >= 11 is 0. The molecular formula is C15H23N3. The fraction of sp³-hybridized carbons (Fsp3) is 0.533. The Morgan fingerprint density at radius 2 is 2.33 bits per heavy atom. The van der Waals surface area contributed by atoms with Gasteiger partial charge in [-0.1, -0.05) is 18.6 Å². The average molecular weight is 245 g/mol. The van der Waals surface area contributed by atoms with Gasteiger partial charge in [-0.2, -0.15) is 0 Å². The molecule has 0 spiro atoms. The Balaban J connectivity index is 2.07. The second-order valence-electron chi connectivity index (χ2n) is 4.93. The first kappa shape index (κ1) is 13.1. The van der Waals surface area contributed by atoms with Crippen LogP contribution in [0.5, 0.6) is 0 Å². The molecule has 0 atom stereocenters. The highest BCUT2D eigenvalue weighted by Crippen LogP contribution is 2.22. The van der Waals surface area contributed by atoms with Gasteiger partial charge in [0.1, 0.15) is 0 Å². The summed E-state index contributed by atoms with van der Waals surface area (Å²) in [5.74, 6) is 0. The third-order valence-electron chi connectivity index (χ3n) is 3.41. The van der Waals surface area contributed by atoms with Gasteiger partial charge in [-0.15, -0.1) is 0 Å². The molecule has 2 rings (SSSR count). The summed E-state index contributed by atoms with van der Waals surface area (Å²) in [5, 5.41) is 3.47. The molecule has 1 aliphatic heterocycles. The van der Waals surface area contributed by atoms with Crippen molar-refractivity contribution in [2.24, 2.45) is 0 Å². The zero-order valence-electron chi connectivity index (χ0n) is 11.4. The molecule has 0 saturated carbocycles. The van der Waals surface area contributed by atoms with Crippen molar-refractivity contribution < 1.29 is 0 Å². The quantitative estimate of drug-likeness (QED) is 0.638. The van der Waals surface area contributed by atoms with Crippen LogP contribution in [0.4, 0.5) is 5.69 Å². The van der Waals surface area contributed by atoms with Crippen LogP contribution in [0.25, 0.3) is 0 Å². The third kappa shape index (κ3) is 3.33. The smallest absolute Gasteiger partial charge is 0.0601 e. The molecule has 1 aromatic rings. The van der Waals surface area contributed by atoms with Crippen molar-refractivity contribution in [3.63, 3.8) is 0 Å². The standard InChI is InChI=1S/C15H23N3/c1-3-7-16-11-14-4-8-17-12-15(14)18-9-5-13(2)6-10-18/h4-5,8,12,16H,3,6-7,9-11H2,1-2H3. The maximum atomic E-state index is 4.28. The van der Waals surface area contributed by atoms with Crippen LogP contribution in [-0.2, 0) is 6.54 Å². The van der Waals surface area contributed by atoms with Gasteiger partial charge in [0.2, 0.25) is 0 Å². The fourth-order valence-corrected chi connectivity index (χ4v) is 2.24. The minimum absolute atomic E-state index is 0.935. The van der Waals surface area contributed by atoms with Crippen molar-refractivity contribution >= 4 is 5.69 Å². The Bertz CT molecular complexity index is 412. The van der Waals surface area contributed by atoms with E-state index in [1.165, 1.54) is 23.2 Å². The van der Waals surface area contributed by atoms with Crippen LogP contribution in [0.3, 0.4) is 0 Å². The zero-order chi connectivity index (χ0) is 12.8. The van der Waals surface area contributed by atoms with Crippen LogP contribution in [0.1, 0.15) is 32.3 Å². The number of anilines is 1. The Morgan fingerprint density at radius 3 is 3.06 bits per heavy atom. The number of nitrogens with zero attached hydrogens (tertiary/aromatic N) is 2. The summed E-state index contributed by atoms with van der Waals surface area (Å²) in [7, 11) is 0. The minimum atomic E-state index is 0.935. The Labute approximate surface area is 110 Å². The second-order valence-corrected chi connectivity index (χ2v) is 4.93. The van der Waals surface area contributed by atoms with Crippen LogP contribution < -0.4 is 10.2 Å². The third-order valence-corrected chi connectivity index (χ3v) is 3.41. The lowest BCUT2D eigenvalue weighted by Gasteiger charge is -2.29. The van der Waals surface area contributed by atoms with Crippen LogP contribution in [0.2, 0.25) is 0 Å². The highest BCUT2D eigenvalue weighted by molar-refractivity contribution is 5.53. The predicted octanol–water partition coefficient (Wildman–Crippen LogP) is 2.74. The van der Waals surface area contributed by atoms with E-state index in [4.69, 9.17) is 0 Å². The summed E-state index contributed by atoms with van der Waals surface area (Å²) in [5.41, 5.74) is 4.14. The number of aromatic nitrogens is 1. The van der Waals surface area contributed by atoms with Crippen molar-refractivity contribution in [3.8, 4) is 0 Å². The van der Waals surface area contributed by atoms with Gasteiger partial charge in [0, 0.05) is 25.8 Å². The van der Waals surface area contributed by atoms with E-state index in [0.717, 1.165) is 32.6 Å². The largest absolute Gasteiger partial charge is 0.366 e. The predicted molar refractivity (Wildman–Crippen MR) is 76.8 cm³/mol. The number of pyridine rings is 1. The molecule has 0 aromatic carbocycles. The summed E-state index contributed by atoms with van der Waals surface area (Å²) in [4.78, 5) is 6.70. The molecule has 0 fully saturated rings. The van der Waals surface area contributed by atoms with E-state index in [0.29, 0.717) is 0 Å². The van der Waals surface area contributed by atoms with Gasteiger partial charge in [0.25, 0.3) is 0 Å². The summed E-state index contributed by atoms with van der Waals surface area (Å²) < 4.78 is 0. The number of nitrogens with one attached hydrogen (secondary N) is 1. The maximum Gasteiger partial charge on any atom is 0.0601 e. The molecule has 0 saturated heterocycles. The molecule has 0 amide bonds. The van der Waals surface area contributed by atoms with Gasteiger partial charge in [0.05, 0.1) is 11.9 Å². The van der Waals surface area contributed by atoms with Crippen LogP contribution >= 0.6 is 0 Å². The van der Waals surface area contributed by atoms with E-state index in [1.54, 1.807) is 0 Å². The molecule has 1 aliphatic rings. The molecule has 2 heterocycles. The van der Waals surface area contributed by atoms with E-state index >= 15 is 0 Å². The average Bonchev–Trinajstić information content (AvgIpc) is 2.41. The normalized spacial score (nSPS) is 15.7. The summed E-state index contributed by atoms with van der Waals surface area (Å²) in [6.45, 7) is 8.53. The molecule has 0 radical (unpaired) electrons. The van der Waals surface area contributed by atoms with E-state index < -0.39 is 0 Å². The van der Waals surface area contributed by atoms with Gasteiger partial charge in [0.15, 0.2) is 0 Å². The van der Waals surface area contributed by atoms with Crippen molar-refractivity contribution in [2.45, 2.75) is 33.2 Å². The van der Waals surface area contributed by atoms with Gasteiger partial charge in [-0.3, -0.25) is 4.98 Å². The monoisotopic (exact) mass is 245 g/mol. The van der Waals surface area contributed by atoms with E-state index in [-0.39, 0.29) is 0 Å². The maximum absolute atomic E-state index is 4.28. The molecule has 0 unspecified atom stereocenters. The van der Waals surface area contributed by atoms with Crippen LogP contribution in [0, 0.1) is 0 Å². The van der Waals surface area contributed by atoms with E-state index in [1.807, 2.05) is 12.4 Å². The molecular weight excluding hydrogens is 222 g/mol. The Kier molecular flexibility index (Phi) is 4.76. The molecule has 0 bridgehead atoms. The first-order valence-electron chi connectivity index (χ1n) is 6.85. The fourth-order valence-electron chi connectivity index (χ4n) is 2.24. The molecule has 98 valence electrons. The molecule has 0 aliphatic carbocycles. The SMILES string of the molecule is CCCNCc1ccncc1N1CC=C(C)CC1. The van der Waals surface area contributed by atoms with E-state index in [9.17, 15) is 0 Å². The van der Waals surface area contributed by atoms with E-state index in [2.05, 4.69) is 41.2 Å². The van der Waals surface area contributed by atoms with Crippen molar-refractivity contribution in [1.29, 1.82) is 0 Å². The number of rotatable bonds is 5. The molecule has 1 N–H and O–H groups in total. The molecule has 3 nitrogen and oxygen atoms in total. The number of hydrogen-bond acceptors (Lipinski definition) is 3. The first-order chi connectivity index (χ1) is 8.81. The summed E-state index contributed by atoms with van der Waals surface area (Å²) in [6.07, 6.45) is 8.54. The first-order valence-corrected chi connectivity index (χ1v) is 6.85. The topological polar surface area (TPSA) is 28.2 Å².